The second-order valence-corrected chi connectivity index (χ2v) is 3.55. The molecule has 0 aliphatic rings. The van der Waals surface area contributed by atoms with Crippen molar-refractivity contribution < 1.29 is 0 Å². The summed E-state index contributed by atoms with van der Waals surface area (Å²) in [5.41, 5.74) is 7.78. The van der Waals surface area contributed by atoms with Crippen molar-refractivity contribution in [2.45, 2.75) is 32.2 Å². The highest BCUT2D eigenvalue weighted by atomic mass is 14.7. The fourth-order valence-electron chi connectivity index (χ4n) is 1.53. The van der Waals surface area contributed by atoms with Crippen molar-refractivity contribution in [2.24, 2.45) is 5.73 Å². The number of nitriles is 1. The number of nitrogens with zero attached hydrogens (tertiary/aromatic N) is 1. The lowest BCUT2D eigenvalue weighted by Crippen LogP contribution is -2.34. The first-order valence-electron chi connectivity index (χ1n) is 4.95. The van der Waals surface area contributed by atoms with Crippen LogP contribution < -0.4 is 5.73 Å². The number of hydrogen-bond donors (Lipinski definition) is 1. The molecule has 0 saturated heterocycles. The maximum absolute atomic E-state index is 8.66. The quantitative estimate of drug-likeness (QED) is 0.792. The molecule has 2 N–H and O–H groups in total. The Balaban J connectivity index is 3.02. The van der Waals surface area contributed by atoms with E-state index < -0.39 is 0 Å². The van der Waals surface area contributed by atoms with Crippen LogP contribution in [-0.4, -0.2) is 0 Å². The van der Waals surface area contributed by atoms with Crippen LogP contribution in [0, 0.1) is 11.3 Å². The van der Waals surface area contributed by atoms with E-state index in [0.29, 0.717) is 5.56 Å². The molecule has 0 heterocycles. The number of hydrogen-bond acceptors (Lipinski definition) is 2. The van der Waals surface area contributed by atoms with Crippen LogP contribution in [0.1, 0.15) is 37.8 Å². The van der Waals surface area contributed by atoms with Crippen LogP contribution in [0.25, 0.3) is 0 Å². The van der Waals surface area contributed by atoms with Gasteiger partial charge in [-0.2, -0.15) is 5.26 Å². The summed E-state index contributed by atoms with van der Waals surface area (Å²) in [6.07, 6.45) is 1.82. The summed E-state index contributed by atoms with van der Waals surface area (Å²) in [7, 11) is 0. The zero-order chi connectivity index (χ0) is 10.6. The molecule has 0 aromatic heterocycles. The van der Waals surface area contributed by atoms with Gasteiger partial charge in [-0.1, -0.05) is 26.0 Å². The molecule has 1 rings (SSSR count). The molecule has 2 heteroatoms. The van der Waals surface area contributed by atoms with Crippen molar-refractivity contribution in [1.29, 1.82) is 5.26 Å². The Kier molecular flexibility index (Phi) is 3.27. The van der Waals surface area contributed by atoms with E-state index in [4.69, 9.17) is 11.0 Å². The summed E-state index contributed by atoms with van der Waals surface area (Å²) in [6.45, 7) is 4.17. The van der Waals surface area contributed by atoms with Crippen LogP contribution in [0.2, 0.25) is 0 Å². The molecule has 0 saturated carbocycles. The van der Waals surface area contributed by atoms with Gasteiger partial charge < -0.3 is 5.73 Å². The highest BCUT2D eigenvalue weighted by Gasteiger charge is 2.22. The standard InChI is InChI=1S/C12H16N2/c1-3-12(14,4-2)11-7-5-10(9-13)6-8-11/h5-8H,3-4,14H2,1-2H3. The Morgan fingerprint density at radius 1 is 1.21 bits per heavy atom. The summed E-state index contributed by atoms with van der Waals surface area (Å²) >= 11 is 0. The number of nitrogens with two attached hydrogens (primary N) is 1. The Morgan fingerprint density at radius 2 is 1.71 bits per heavy atom. The van der Waals surface area contributed by atoms with Crippen molar-refractivity contribution in [3.8, 4) is 6.07 Å². The molecular formula is C12H16N2. The van der Waals surface area contributed by atoms with Crippen molar-refractivity contribution in [1.82, 2.24) is 0 Å². The fourth-order valence-corrected chi connectivity index (χ4v) is 1.53. The van der Waals surface area contributed by atoms with Gasteiger partial charge in [0.05, 0.1) is 11.6 Å². The van der Waals surface area contributed by atoms with E-state index in [1.807, 2.05) is 24.3 Å². The van der Waals surface area contributed by atoms with Crippen molar-refractivity contribution in [3.05, 3.63) is 35.4 Å². The molecule has 0 aliphatic carbocycles. The fraction of sp³-hybridized carbons (Fsp3) is 0.417. The van der Waals surface area contributed by atoms with E-state index in [-0.39, 0.29) is 5.54 Å². The van der Waals surface area contributed by atoms with Gasteiger partial charge in [0.1, 0.15) is 0 Å². The van der Waals surface area contributed by atoms with Gasteiger partial charge in [0.15, 0.2) is 0 Å². The largest absolute Gasteiger partial charge is 0.321 e. The van der Waals surface area contributed by atoms with E-state index in [9.17, 15) is 0 Å². The number of benzene rings is 1. The van der Waals surface area contributed by atoms with Gasteiger partial charge in [-0.15, -0.1) is 0 Å². The van der Waals surface area contributed by atoms with Crippen LogP contribution in [0.15, 0.2) is 24.3 Å². The third kappa shape index (κ3) is 1.94. The lowest BCUT2D eigenvalue weighted by atomic mass is 9.85. The summed E-state index contributed by atoms with van der Waals surface area (Å²) in [5, 5.41) is 8.66. The molecule has 0 radical (unpaired) electrons. The van der Waals surface area contributed by atoms with Crippen LogP contribution >= 0.6 is 0 Å². The SMILES string of the molecule is CCC(N)(CC)c1ccc(C#N)cc1. The Labute approximate surface area is 85.4 Å². The molecule has 1 aromatic rings. The van der Waals surface area contributed by atoms with E-state index in [0.717, 1.165) is 18.4 Å². The van der Waals surface area contributed by atoms with Gasteiger partial charge in [0.2, 0.25) is 0 Å². The minimum absolute atomic E-state index is 0.242. The van der Waals surface area contributed by atoms with Crippen LogP contribution in [0.3, 0.4) is 0 Å². The zero-order valence-electron chi connectivity index (χ0n) is 8.75. The average molecular weight is 188 g/mol. The van der Waals surface area contributed by atoms with Crippen molar-refractivity contribution in [3.63, 3.8) is 0 Å². The third-order valence-corrected chi connectivity index (χ3v) is 2.85. The third-order valence-electron chi connectivity index (χ3n) is 2.85. The van der Waals surface area contributed by atoms with Gasteiger partial charge >= 0.3 is 0 Å². The molecule has 1 aromatic carbocycles. The first kappa shape index (κ1) is 10.7. The monoisotopic (exact) mass is 188 g/mol. The highest BCUT2D eigenvalue weighted by Crippen LogP contribution is 2.25. The molecular weight excluding hydrogens is 172 g/mol. The lowest BCUT2D eigenvalue weighted by Gasteiger charge is -2.27. The van der Waals surface area contributed by atoms with Crippen LogP contribution in [0.4, 0.5) is 0 Å². The van der Waals surface area contributed by atoms with E-state index in [2.05, 4.69) is 19.9 Å². The van der Waals surface area contributed by atoms with Crippen LogP contribution in [-0.2, 0) is 5.54 Å². The Morgan fingerprint density at radius 3 is 2.07 bits per heavy atom. The average Bonchev–Trinajstić information content (AvgIpc) is 2.28. The second kappa shape index (κ2) is 4.26. The molecule has 0 amide bonds. The molecule has 0 spiro atoms. The smallest absolute Gasteiger partial charge is 0.0991 e. The van der Waals surface area contributed by atoms with E-state index in [1.54, 1.807) is 0 Å². The molecule has 0 atom stereocenters. The molecule has 0 aliphatic heterocycles. The first-order valence-corrected chi connectivity index (χ1v) is 4.95. The van der Waals surface area contributed by atoms with Gasteiger partial charge in [-0.25, -0.2) is 0 Å². The minimum Gasteiger partial charge on any atom is -0.321 e. The lowest BCUT2D eigenvalue weighted by molar-refractivity contribution is 0.413. The Hall–Kier alpha value is -1.33. The highest BCUT2D eigenvalue weighted by molar-refractivity contribution is 5.34. The second-order valence-electron chi connectivity index (χ2n) is 3.55. The summed E-state index contributed by atoms with van der Waals surface area (Å²) in [5.74, 6) is 0. The minimum atomic E-state index is -0.242. The van der Waals surface area contributed by atoms with Gasteiger partial charge in [-0.3, -0.25) is 0 Å². The molecule has 0 fully saturated rings. The van der Waals surface area contributed by atoms with E-state index >= 15 is 0 Å². The topological polar surface area (TPSA) is 49.8 Å². The van der Waals surface area contributed by atoms with Crippen molar-refractivity contribution >= 4 is 0 Å². The molecule has 0 unspecified atom stereocenters. The summed E-state index contributed by atoms with van der Waals surface area (Å²) in [4.78, 5) is 0. The maximum Gasteiger partial charge on any atom is 0.0991 e. The Bertz CT molecular complexity index is 328. The molecule has 74 valence electrons. The number of rotatable bonds is 3. The maximum atomic E-state index is 8.66. The van der Waals surface area contributed by atoms with Gasteiger partial charge in [-0.05, 0) is 30.5 Å². The van der Waals surface area contributed by atoms with Crippen molar-refractivity contribution in [2.75, 3.05) is 0 Å². The first-order chi connectivity index (χ1) is 6.66. The van der Waals surface area contributed by atoms with E-state index in [1.165, 1.54) is 0 Å². The van der Waals surface area contributed by atoms with Crippen LogP contribution in [0.5, 0.6) is 0 Å². The zero-order valence-corrected chi connectivity index (χ0v) is 8.75. The van der Waals surface area contributed by atoms with Gasteiger partial charge in [0.25, 0.3) is 0 Å². The normalized spacial score (nSPS) is 11.0. The summed E-state index contributed by atoms with van der Waals surface area (Å²) in [6, 6.07) is 9.64. The summed E-state index contributed by atoms with van der Waals surface area (Å²) < 4.78 is 0. The van der Waals surface area contributed by atoms with Gasteiger partial charge in [0, 0.05) is 5.54 Å². The molecule has 14 heavy (non-hydrogen) atoms. The molecule has 0 bridgehead atoms. The predicted octanol–water partition coefficient (Wildman–Crippen LogP) is 2.53. The molecule has 2 nitrogen and oxygen atoms in total. The predicted molar refractivity (Wildman–Crippen MR) is 57.6 cm³/mol.